The van der Waals surface area contributed by atoms with Crippen molar-refractivity contribution in [3.05, 3.63) is 17.8 Å². The lowest BCUT2D eigenvalue weighted by atomic mass is 10.1. The summed E-state index contributed by atoms with van der Waals surface area (Å²) in [6.07, 6.45) is 2.75. The van der Waals surface area contributed by atoms with Crippen LogP contribution in [0, 0.1) is 5.82 Å². The summed E-state index contributed by atoms with van der Waals surface area (Å²) in [6, 6.07) is 0. The molecule has 0 radical (unpaired) electrons. The molecule has 0 bridgehead atoms. The lowest BCUT2D eigenvalue weighted by molar-refractivity contribution is 0.105. The largest absolute Gasteiger partial charge is 0.381 e. The third-order valence-electron chi connectivity index (χ3n) is 2.08. The number of rotatable bonds is 1. The van der Waals surface area contributed by atoms with Crippen LogP contribution in [0.4, 0.5) is 10.2 Å². The second-order valence-corrected chi connectivity index (χ2v) is 2.96. The molecule has 1 fully saturated rings. The van der Waals surface area contributed by atoms with E-state index in [1.54, 1.807) is 0 Å². The number of halogens is 1. The fraction of sp³-hybridized carbons (Fsp3) is 0.500. The Labute approximate surface area is 74.9 Å². The normalized spacial score (nSPS) is 22.1. The molecule has 2 rings (SSSR count). The van der Waals surface area contributed by atoms with Gasteiger partial charge in [0.05, 0.1) is 0 Å². The predicted molar refractivity (Wildman–Crippen MR) is 44.3 cm³/mol. The van der Waals surface area contributed by atoms with Gasteiger partial charge in [-0.05, 0) is 12.8 Å². The quantitative estimate of drug-likeness (QED) is 0.706. The van der Waals surface area contributed by atoms with Gasteiger partial charge in [-0.15, -0.1) is 0 Å². The molecule has 2 heterocycles. The third kappa shape index (κ3) is 1.47. The molecule has 1 aliphatic heterocycles. The Morgan fingerprint density at radius 3 is 3.08 bits per heavy atom. The number of nitrogen functional groups attached to an aromatic ring is 1. The van der Waals surface area contributed by atoms with Gasteiger partial charge in [-0.2, -0.15) is 0 Å². The first kappa shape index (κ1) is 8.37. The Balaban J connectivity index is 2.33. The molecular weight excluding hydrogens is 173 g/mol. The van der Waals surface area contributed by atoms with Gasteiger partial charge < -0.3 is 10.5 Å². The minimum atomic E-state index is -0.547. The number of nitrogens with two attached hydrogens (primary N) is 1. The smallest absolute Gasteiger partial charge is 0.189 e. The maximum atomic E-state index is 13.3. The van der Waals surface area contributed by atoms with E-state index in [0.717, 1.165) is 12.8 Å². The molecule has 1 saturated heterocycles. The molecule has 1 unspecified atom stereocenters. The standard InChI is InChI=1S/C8H10FN3O/c9-6-7(5-2-1-3-13-5)11-4-12-8(6)10/h4-5H,1-3H2,(H2,10,11,12). The summed E-state index contributed by atoms with van der Waals surface area (Å²) in [7, 11) is 0. The van der Waals surface area contributed by atoms with Gasteiger partial charge in [-0.3, -0.25) is 0 Å². The SMILES string of the molecule is Nc1ncnc(C2CCCO2)c1F. The topological polar surface area (TPSA) is 61.0 Å². The molecule has 2 N–H and O–H groups in total. The van der Waals surface area contributed by atoms with E-state index in [-0.39, 0.29) is 17.6 Å². The molecule has 1 atom stereocenters. The average Bonchev–Trinajstić information content (AvgIpc) is 2.62. The van der Waals surface area contributed by atoms with Crippen LogP contribution in [0.25, 0.3) is 0 Å². The highest BCUT2D eigenvalue weighted by Gasteiger charge is 2.23. The van der Waals surface area contributed by atoms with Crippen molar-refractivity contribution in [1.29, 1.82) is 0 Å². The maximum Gasteiger partial charge on any atom is 0.189 e. The predicted octanol–water partition coefficient (Wildman–Crippen LogP) is 1.05. The number of aromatic nitrogens is 2. The van der Waals surface area contributed by atoms with Gasteiger partial charge in [0.25, 0.3) is 0 Å². The molecule has 70 valence electrons. The van der Waals surface area contributed by atoms with Crippen molar-refractivity contribution < 1.29 is 9.13 Å². The molecular formula is C8H10FN3O. The van der Waals surface area contributed by atoms with Gasteiger partial charge in [0.1, 0.15) is 18.1 Å². The summed E-state index contributed by atoms with van der Waals surface area (Å²) < 4.78 is 18.6. The van der Waals surface area contributed by atoms with Crippen LogP contribution in [0.5, 0.6) is 0 Å². The zero-order valence-corrected chi connectivity index (χ0v) is 7.03. The van der Waals surface area contributed by atoms with Gasteiger partial charge >= 0.3 is 0 Å². The monoisotopic (exact) mass is 183 g/mol. The zero-order valence-electron chi connectivity index (χ0n) is 7.03. The molecule has 1 aromatic rings. The summed E-state index contributed by atoms with van der Waals surface area (Å²) in [4.78, 5) is 7.38. The van der Waals surface area contributed by atoms with Crippen molar-refractivity contribution in [3.8, 4) is 0 Å². The van der Waals surface area contributed by atoms with E-state index in [0.29, 0.717) is 6.61 Å². The minimum absolute atomic E-state index is 0.111. The molecule has 0 aliphatic carbocycles. The Morgan fingerprint density at radius 2 is 2.38 bits per heavy atom. The van der Waals surface area contributed by atoms with Gasteiger partial charge in [0.15, 0.2) is 11.6 Å². The van der Waals surface area contributed by atoms with Crippen molar-refractivity contribution in [2.24, 2.45) is 0 Å². The van der Waals surface area contributed by atoms with Crippen molar-refractivity contribution in [3.63, 3.8) is 0 Å². The third-order valence-corrected chi connectivity index (χ3v) is 2.08. The van der Waals surface area contributed by atoms with Crippen LogP contribution in [-0.4, -0.2) is 16.6 Å². The van der Waals surface area contributed by atoms with Crippen molar-refractivity contribution in [2.75, 3.05) is 12.3 Å². The zero-order chi connectivity index (χ0) is 9.26. The molecule has 0 saturated carbocycles. The van der Waals surface area contributed by atoms with Gasteiger partial charge in [-0.25, -0.2) is 14.4 Å². The van der Waals surface area contributed by atoms with Crippen LogP contribution >= 0.6 is 0 Å². The van der Waals surface area contributed by atoms with Crippen LogP contribution in [0.1, 0.15) is 24.6 Å². The second-order valence-electron chi connectivity index (χ2n) is 2.96. The van der Waals surface area contributed by atoms with Crippen molar-refractivity contribution in [1.82, 2.24) is 9.97 Å². The maximum absolute atomic E-state index is 13.3. The highest BCUT2D eigenvalue weighted by Crippen LogP contribution is 2.29. The fourth-order valence-corrected chi connectivity index (χ4v) is 1.42. The summed E-state index contributed by atoms with van der Waals surface area (Å²) in [5.74, 6) is -0.657. The van der Waals surface area contributed by atoms with E-state index in [4.69, 9.17) is 10.5 Å². The van der Waals surface area contributed by atoms with Crippen LogP contribution in [0.15, 0.2) is 6.33 Å². The van der Waals surface area contributed by atoms with Crippen molar-refractivity contribution >= 4 is 5.82 Å². The van der Waals surface area contributed by atoms with Crippen LogP contribution in [-0.2, 0) is 4.74 Å². The Morgan fingerprint density at radius 1 is 1.54 bits per heavy atom. The van der Waals surface area contributed by atoms with E-state index in [1.165, 1.54) is 6.33 Å². The molecule has 1 aromatic heterocycles. The highest BCUT2D eigenvalue weighted by molar-refractivity contribution is 5.31. The molecule has 4 nitrogen and oxygen atoms in total. The fourth-order valence-electron chi connectivity index (χ4n) is 1.42. The van der Waals surface area contributed by atoms with Gasteiger partial charge in [0, 0.05) is 6.61 Å². The number of hydrogen-bond acceptors (Lipinski definition) is 4. The summed E-state index contributed by atoms with van der Waals surface area (Å²) in [6.45, 7) is 0.661. The van der Waals surface area contributed by atoms with Gasteiger partial charge in [-0.1, -0.05) is 0 Å². The van der Waals surface area contributed by atoms with Crippen LogP contribution < -0.4 is 5.73 Å². The lowest BCUT2D eigenvalue weighted by Gasteiger charge is -2.09. The van der Waals surface area contributed by atoms with E-state index in [9.17, 15) is 4.39 Å². The Hall–Kier alpha value is -1.23. The molecule has 0 amide bonds. The van der Waals surface area contributed by atoms with E-state index in [1.807, 2.05) is 0 Å². The minimum Gasteiger partial charge on any atom is -0.381 e. The van der Waals surface area contributed by atoms with Gasteiger partial charge in [0.2, 0.25) is 0 Å². The molecule has 5 heteroatoms. The Bertz CT molecular complexity index is 312. The molecule has 13 heavy (non-hydrogen) atoms. The molecule has 0 spiro atoms. The van der Waals surface area contributed by atoms with E-state index in [2.05, 4.69) is 9.97 Å². The average molecular weight is 183 g/mol. The second kappa shape index (κ2) is 3.26. The number of nitrogens with zero attached hydrogens (tertiary/aromatic N) is 2. The van der Waals surface area contributed by atoms with E-state index < -0.39 is 5.82 Å². The first-order chi connectivity index (χ1) is 6.29. The number of hydrogen-bond donors (Lipinski definition) is 1. The molecule has 1 aliphatic rings. The Kier molecular flexibility index (Phi) is 2.10. The number of anilines is 1. The van der Waals surface area contributed by atoms with E-state index >= 15 is 0 Å². The van der Waals surface area contributed by atoms with Crippen LogP contribution in [0.3, 0.4) is 0 Å². The first-order valence-electron chi connectivity index (χ1n) is 4.16. The first-order valence-corrected chi connectivity index (χ1v) is 4.16. The van der Waals surface area contributed by atoms with Crippen LogP contribution in [0.2, 0.25) is 0 Å². The summed E-state index contributed by atoms with van der Waals surface area (Å²) in [5.41, 5.74) is 5.59. The lowest BCUT2D eigenvalue weighted by Crippen LogP contribution is -2.07. The summed E-state index contributed by atoms with van der Waals surface area (Å²) in [5, 5.41) is 0. The summed E-state index contributed by atoms with van der Waals surface area (Å²) >= 11 is 0. The highest BCUT2D eigenvalue weighted by atomic mass is 19.1. The van der Waals surface area contributed by atoms with Crippen molar-refractivity contribution in [2.45, 2.75) is 18.9 Å². The molecule has 0 aromatic carbocycles. The number of ether oxygens (including phenoxy) is 1.